The summed E-state index contributed by atoms with van der Waals surface area (Å²) < 4.78 is 4.86. The van der Waals surface area contributed by atoms with Crippen molar-refractivity contribution in [2.45, 2.75) is 26.3 Å². The number of carbonyl (C=O) groups excluding carboxylic acids is 1. The molecule has 0 saturated heterocycles. The van der Waals surface area contributed by atoms with Crippen LogP contribution in [0.3, 0.4) is 0 Å². The Morgan fingerprint density at radius 2 is 2.06 bits per heavy atom. The fraction of sp³-hybridized carbons (Fsp3) is 0.462. The van der Waals surface area contributed by atoms with Crippen molar-refractivity contribution in [3.05, 3.63) is 34.9 Å². The van der Waals surface area contributed by atoms with E-state index in [4.69, 9.17) is 10.5 Å². The zero-order valence-electron chi connectivity index (χ0n) is 10.1. The van der Waals surface area contributed by atoms with Gasteiger partial charge < -0.3 is 10.5 Å². The molecule has 0 aliphatic rings. The Morgan fingerprint density at radius 1 is 1.38 bits per heavy atom. The van der Waals surface area contributed by atoms with E-state index in [0.29, 0.717) is 6.42 Å². The Balaban J connectivity index is 2.66. The Kier molecular flexibility index (Phi) is 4.65. The number of hydrogen-bond donors (Lipinski definition) is 1. The van der Waals surface area contributed by atoms with Crippen molar-refractivity contribution in [3.63, 3.8) is 0 Å². The number of benzene rings is 1. The number of hydrogen-bond acceptors (Lipinski definition) is 3. The van der Waals surface area contributed by atoms with E-state index < -0.39 is 6.04 Å². The van der Waals surface area contributed by atoms with Crippen LogP contribution in [0.5, 0.6) is 0 Å². The fourth-order valence-electron chi connectivity index (χ4n) is 1.52. The van der Waals surface area contributed by atoms with Gasteiger partial charge in [-0.25, -0.2) is 0 Å². The lowest BCUT2D eigenvalue weighted by atomic mass is 10.0. The highest BCUT2D eigenvalue weighted by Gasteiger charge is 2.13. The van der Waals surface area contributed by atoms with E-state index in [1.807, 2.05) is 25.1 Å². The number of nitrogens with two attached hydrogens (primary N) is 1. The van der Waals surface area contributed by atoms with E-state index in [9.17, 15) is 4.79 Å². The number of methoxy groups -OCH3 is 1. The van der Waals surface area contributed by atoms with Gasteiger partial charge in [0, 0.05) is 13.5 Å². The summed E-state index contributed by atoms with van der Waals surface area (Å²) in [5.41, 5.74) is 9.12. The second-order valence-corrected chi connectivity index (χ2v) is 4.12. The molecular weight excluding hydrogens is 202 g/mol. The van der Waals surface area contributed by atoms with E-state index in [1.54, 1.807) is 7.11 Å². The molecule has 1 rings (SSSR count). The fourth-order valence-corrected chi connectivity index (χ4v) is 1.52. The van der Waals surface area contributed by atoms with Gasteiger partial charge in [-0.05, 0) is 30.5 Å². The number of rotatable bonds is 5. The monoisotopic (exact) mass is 221 g/mol. The third-order valence-corrected chi connectivity index (χ3v) is 2.71. The molecule has 0 radical (unpaired) electrons. The minimum Gasteiger partial charge on any atom is -0.383 e. The van der Waals surface area contributed by atoms with Gasteiger partial charge in [0.2, 0.25) is 0 Å². The maximum Gasteiger partial charge on any atom is 0.156 e. The van der Waals surface area contributed by atoms with Gasteiger partial charge in [-0.15, -0.1) is 0 Å². The standard InChI is InChI=1S/C13H19NO2/c1-9-4-5-11(6-10(9)2)7-13(15)12(14)8-16-3/h4-6,12H,7-8,14H2,1-3H3. The lowest BCUT2D eigenvalue weighted by Crippen LogP contribution is -2.35. The van der Waals surface area contributed by atoms with Gasteiger partial charge in [0.25, 0.3) is 0 Å². The number of aryl methyl sites for hydroxylation is 2. The molecule has 0 bridgehead atoms. The molecule has 0 heterocycles. The smallest absolute Gasteiger partial charge is 0.156 e. The Morgan fingerprint density at radius 3 is 2.62 bits per heavy atom. The van der Waals surface area contributed by atoms with E-state index in [1.165, 1.54) is 11.1 Å². The first-order valence-electron chi connectivity index (χ1n) is 5.38. The molecule has 0 saturated carbocycles. The molecule has 0 amide bonds. The molecule has 0 aliphatic carbocycles. The maximum absolute atomic E-state index is 11.7. The Bertz CT molecular complexity index is 374. The quantitative estimate of drug-likeness (QED) is 0.817. The van der Waals surface area contributed by atoms with Gasteiger partial charge in [-0.1, -0.05) is 18.2 Å². The zero-order chi connectivity index (χ0) is 12.1. The molecule has 1 unspecified atom stereocenters. The summed E-state index contributed by atoms with van der Waals surface area (Å²) in [6.45, 7) is 4.37. The molecule has 2 N–H and O–H groups in total. The van der Waals surface area contributed by atoms with Gasteiger partial charge in [0.1, 0.15) is 0 Å². The predicted octanol–water partition coefficient (Wildman–Crippen LogP) is 1.39. The molecule has 1 aromatic carbocycles. The van der Waals surface area contributed by atoms with Crippen molar-refractivity contribution in [2.24, 2.45) is 5.73 Å². The molecule has 3 heteroatoms. The highest BCUT2D eigenvalue weighted by molar-refractivity contribution is 5.86. The average molecular weight is 221 g/mol. The number of ketones is 1. The Labute approximate surface area is 96.6 Å². The van der Waals surface area contributed by atoms with Crippen LogP contribution >= 0.6 is 0 Å². The van der Waals surface area contributed by atoms with Crippen LogP contribution in [0, 0.1) is 13.8 Å². The van der Waals surface area contributed by atoms with E-state index in [2.05, 4.69) is 6.92 Å². The third-order valence-electron chi connectivity index (χ3n) is 2.71. The van der Waals surface area contributed by atoms with Crippen LogP contribution in [0.2, 0.25) is 0 Å². The van der Waals surface area contributed by atoms with Crippen LogP contribution < -0.4 is 5.73 Å². The molecule has 0 spiro atoms. The van der Waals surface area contributed by atoms with Crippen LogP contribution in [-0.4, -0.2) is 25.5 Å². The summed E-state index contributed by atoms with van der Waals surface area (Å²) in [5, 5.41) is 0. The summed E-state index contributed by atoms with van der Waals surface area (Å²) in [7, 11) is 1.54. The molecular formula is C13H19NO2. The number of ether oxygens (including phenoxy) is 1. The van der Waals surface area contributed by atoms with Gasteiger partial charge in [0.05, 0.1) is 12.6 Å². The normalized spacial score (nSPS) is 12.5. The molecule has 0 fully saturated rings. The average Bonchev–Trinajstić information content (AvgIpc) is 2.24. The lowest BCUT2D eigenvalue weighted by molar-refractivity contribution is -0.120. The van der Waals surface area contributed by atoms with Gasteiger partial charge >= 0.3 is 0 Å². The summed E-state index contributed by atoms with van der Waals surface area (Å²) in [5.74, 6) is 0.0186. The second kappa shape index (κ2) is 5.77. The first-order chi connectivity index (χ1) is 7.54. The van der Waals surface area contributed by atoms with Crippen LogP contribution in [0.25, 0.3) is 0 Å². The molecule has 1 aromatic rings. The van der Waals surface area contributed by atoms with Crippen LogP contribution in [-0.2, 0) is 16.0 Å². The van der Waals surface area contributed by atoms with Gasteiger partial charge in [0.15, 0.2) is 5.78 Å². The first kappa shape index (κ1) is 12.9. The van der Waals surface area contributed by atoms with Crippen LogP contribution in [0.15, 0.2) is 18.2 Å². The zero-order valence-corrected chi connectivity index (χ0v) is 10.1. The van der Waals surface area contributed by atoms with Gasteiger partial charge in [-0.2, -0.15) is 0 Å². The van der Waals surface area contributed by atoms with Crippen molar-refractivity contribution < 1.29 is 9.53 Å². The summed E-state index contributed by atoms with van der Waals surface area (Å²) in [6, 6.07) is 5.51. The summed E-state index contributed by atoms with van der Waals surface area (Å²) >= 11 is 0. The number of Topliss-reactive ketones (excluding diaryl/α,β-unsaturated/α-hetero) is 1. The molecule has 0 aliphatic heterocycles. The largest absolute Gasteiger partial charge is 0.383 e. The lowest BCUT2D eigenvalue weighted by Gasteiger charge is -2.10. The highest BCUT2D eigenvalue weighted by Crippen LogP contribution is 2.10. The van der Waals surface area contributed by atoms with Crippen LogP contribution in [0.1, 0.15) is 16.7 Å². The minimum absolute atomic E-state index is 0.0186. The molecule has 0 aromatic heterocycles. The van der Waals surface area contributed by atoms with Crippen molar-refractivity contribution in [1.82, 2.24) is 0 Å². The summed E-state index contributed by atoms with van der Waals surface area (Å²) in [4.78, 5) is 11.7. The topological polar surface area (TPSA) is 52.3 Å². The second-order valence-electron chi connectivity index (χ2n) is 4.12. The summed E-state index contributed by atoms with van der Waals surface area (Å²) in [6.07, 6.45) is 0.381. The van der Waals surface area contributed by atoms with Crippen molar-refractivity contribution in [2.75, 3.05) is 13.7 Å². The predicted molar refractivity (Wildman–Crippen MR) is 64.5 cm³/mol. The van der Waals surface area contributed by atoms with E-state index >= 15 is 0 Å². The number of carbonyl (C=O) groups is 1. The minimum atomic E-state index is -0.522. The highest BCUT2D eigenvalue weighted by atomic mass is 16.5. The van der Waals surface area contributed by atoms with Crippen molar-refractivity contribution in [3.8, 4) is 0 Å². The Hall–Kier alpha value is -1.19. The van der Waals surface area contributed by atoms with E-state index in [-0.39, 0.29) is 12.4 Å². The molecule has 16 heavy (non-hydrogen) atoms. The SMILES string of the molecule is COCC(N)C(=O)Cc1ccc(C)c(C)c1. The first-order valence-corrected chi connectivity index (χ1v) is 5.38. The molecule has 88 valence electrons. The third kappa shape index (κ3) is 3.43. The van der Waals surface area contributed by atoms with Crippen LogP contribution in [0.4, 0.5) is 0 Å². The van der Waals surface area contributed by atoms with Crippen molar-refractivity contribution in [1.29, 1.82) is 0 Å². The maximum atomic E-state index is 11.7. The molecule has 1 atom stereocenters. The van der Waals surface area contributed by atoms with Gasteiger partial charge in [-0.3, -0.25) is 4.79 Å². The molecule has 3 nitrogen and oxygen atoms in total. The van der Waals surface area contributed by atoms with Crippen molar-refractivity contribution >= 4 is 5.78 Å². The van der Waals surface area contributed by atoms with E-state index in [0.717, 1.165) is 5.56 Å².